The first-order valence-corrected chi connectivity index (χ1v) is 8.93. The standard InChI is InChI=1S/C24H22O5/c1-28-23-14-16(7-9-21(23)26)3-5-18-11-19(13-20(25)12-18)6-4-17-8-10-22(27)24(15-17)29-2/h3-15,25-27H,1-2H3. The van der Waals surface area contributed by atoms with E-state index >= 15 is 0 Å². The van der Waals surface area contributed by atoms with Gasteiger partial charge >= 0.3 is 0 Å². The molecule has 148 valence electrons. The molecule has 0 aliphatic rings. The number of methoxy groups -OCH3 is 2. The summed E-state index contributed by atoms with van der Waals surface area (Å²) in [4.78, 5) is 0. The average Bonchev–Trinajstić information content (AvgIpc) is 2.72. The molecule has 0 amide bonds. The zero-order valence-corrected chi connectivity index (χ0v) is 16.2. The maximum atomic E-state index is 10.1. The molecular formula is C24H22O5. The van der Waals surface area contributed by atoms with Crippen LogP contribution in [0.4, 0.5) is 0 Å². The van der Waals surface area contributed by atoms with Gasteiger partial charge in [-0.3, -0.25) is 0 Å². The van der Waals surface area contributed by atoms with Crippen molar-refractivity contribution < 1.29 is 24.8 Å². The number of rotatable bonds is 6. The van der Waals surface area contributed by atoms with Gasteiger partial charge in [0, 0.05) is 0 Å². The van der Waals surface area contributed by atoms with Gasteiger partial charge in [0.15, 0.2) is 23.0 Å². The topological polar surface area (TPSA) is 79.2 Å². The van der Waals surface area contributed by atoms with Crippen LogP contribution in [-0.4, -0.2) is 29.5 Å². The van der Waals surface area contributed by atoms with Gasteiger partial charge in [0.05, 0.1) is 14.2 Å². The average molecular weight is 390 g/mol. The van der Waals surface area contributed by atoms with Crippen LogP contribution in [0, 0.1) is 0 Å². The number of phenolic OH excluding ortho intramolecular Hbond substituents is 3. The number of phenols is 3. The summed E-state index contributed by atoms with van der Waals surface area (Å²) in [6.45, 7) is 0. The molecule has 3 rings (SSSR count). The molecule has 3 aromatic carbocycles. The van der Waals surface area contributed by atoms with Crippen molar-refractivity contribution in [3.63, 3.8) is 0 Å². The van der Waals surface area contributed by atoms with Crippen LogP contribution >= 0.6 is 0 Å². The third-order valence-corrected chi connectivity index (χ3v) is 4.31. The lowest BCUT2D eigenvalue weighted by atomic mass is 10.1. The predicted octanol–water partition coefficient (Wildman–Crippen LogP) is 5.16. The molecule has 3 aromatic rings. The molecule has 0 unspecified atom stereocenters. The van der Waals surface area contributed by atoms with Crippen molar-refractivity contribution in [3.05, 3.63) is 76.9 Å². The molecule has 0 fully saturated rings. The van der Waals surface area contributed by atoms with Gasteiger partial charge in [-0.1, -0.05) is 36.4 Å². The van der Waals surface area contributed by atoms with Crippen LogP contribution in [0.25, 0.3) is 24.3 Å². The van der Waals surface area contributed by atoms with Crippen LogP contribution in [0.15, 0.2) is 54.6 Å². The third-order valence-electron chi connectivity index (χ3n) is 4.31. The van der Waals surface area contributed by atoms with Gasteiger partial charge in [0.2, 0.25) is 0 Å². The second-order valence-electron chi connectivity index (χ2n) is 6.39. The maximum absolute atomic E-state index is 10.1. The summed E-state index contributed by atoms with van der Waals surface area (Å²) < 4.78 is 10.2. The first-order valence-electron chi connectivity index (χ1n) is 8.93. The quantitative estimate of drug-likeness (QED) is 0.507. The van der Waals surface area contributed by atoms with E-state index in [4.69, 9.17) is 9.47 Å². The van der Waals surface area contributed by atoms with Gasteiger partial charge in [0.25, 0.3) is 0 Å². The van der Waals surface area contributed by atoms with Gasteiger partial charge < -0.3 is 24.8 Å². The Bertz CT molecular complexity index is 985. The summed E-state index contributed by atoms with van der Waals surface area (Å²) in [6.07, 6.45) is 7.48. The van der Waals surface area contributed by atoms with E-state index in [2.05, 4.69) is 0 Å². The second kappa shape index (κ2) is 8.89. The van der Waals surface area contributed by atoms with Gasteiger partial charge in [-0.05, 0) is 64.7 Å². The molecule has 29 heavy (non-hydrogen) atoms. The molecule has 0 atom stereocenters. The maximum Gasteiger partial charge on any atom is 0.161 e. The Hall–Kier alpha value is -3.86. The van der Waals surface area contributed by atoms with Crippen LogP contribution in [0.2, 0.25) is 0 Å². The van der Waals surface area contributed by atoms with E-state index in [1.165, 1.54) is 14.2 Å². The molecule has 5 nitrogen and oxygen atoms in total. The fraction of sp³-hybridized carbons (Fsp3) is 0.0833. The number of hydrogen-bond donors (Lipinski definition) is 3. The Morgan fingerprint density at radius 3 is 1.38 bits per heavy atom. The lowest BCUT2D eigenvalue weighted by Crippen LogP contribution is -1.84. The zero-order valence-electron chi connectivity index (χ0n) is 16.2. The van der Waals surface area contributed by atoms with Crippen molar-refractivity contribution in [2.24, 2.45) is 0 Å². The molecule has 3 N–H and O–H groups in total. The van der Waals surface area contributed by atoms with Crippen LogP contribution < -0.4 is 9.47 Å². The summed E-state index contributed by atoms with van der Waals surface area (Å²) in [5.41, 5.74) is 3.35. The van der Waals surface area contributed by atoms with Gasteiger partial charge in [-0.15, -0.1) is 0 Å². The highest BCUT2D eigenvalue weighted by Gasteiger charge is 2.02. The van der Waals surface area contributed by atoms with Gasteiger partial charge in [-0.2, -0.15) is 0 Å². The minimum Gasteiger partial charge on any atom is -0.508 e. The van der Waals surface area contributed by atoms with E-state index in [1.54, 1.807) is 48.5 Å². The molecule has 5 heteroatoms. The van der Waals surface area contributed by atoms with E-state index in [0.29, 0.717) is 11.5 Å². The van der Waals surface area contributed by atoms with Crippen molar-refractivity contribution in [2.45, 2.75) is 0 Å². The monoisotopic (exact) mass is 390 g/mol. The molecule has 0 heterocycles. The van der Waals surface area contributed by atoms with E-state index in [1.807, 2.05) is 30.4 Å². The predicted molar refractivity (Wildman–Crippen MR) is 115 cm³/mol. The Kier molecular flexibility index (Phi) is 6.09. The summed E-state index contributed by atoms with van der Waals surface area (Å²) in [6, 6.07) is 15.4. The molecule has 0 aliphatic carbocycles. The molecule has 0 radical (unpaired) electrons. The number of hydrogen-bond acceptors (Lipinski definition) is 5. The molecule has 0 aliphatic heterocycles. The highest BCUT2D eigenvalue weighted by Crippen LogP contribution is 2.29. The van der Waals surface area contributed by atoms with Crippen molar-refractivity contribution in [3.8, 4) is 28.7 Å². The Morgan fingerprint density at radius 2 is 0.966 bits per heavy atom. The Morgan fingerprint density at radius 1 is 0.552 bits per heavy atom. The van der Waals surface area contributed by atoms with Crippen LogP contribution in [0.3, 0.4) is 0 Å². The Balaban J connectivity index is 1.83. The number of benzene rings is 3. The molecular weight excluding hydrogens is 368 g/mol. The normalized spacial score (nSPS) is 11.2. The van der Waals surface area contributed by atoms with Crippen molar-refractivity contribution in [1.29, 1.82) is 0 Å². The minimum atomic E-state index is 0.0836. The molecule has 0 saturated heterocycles. The summed E-state index contributed by atoms with van der Waals surface area (Å²) in [5, 5.41) is 29.4. The van der Waals surface area contributed by atoms with E-state index in [9.17, 15) is 15.3 Å². The highest BCUT2D eigenvalue weighted by atomic mass is 16.5. The molecule has 0 aromatic heterocycles. The highest BCUT2D eigenvalue weighted by molar-refractivity contribution is 5.76. The van der Waals surface area contributed by atoms with Crippen LogP contribution in [-0.2, 0) is 0 Å². The fourth-order valence-electron chi connectivity index (χ4n) is 2.83. The van der Waals surface area contributed by atoms with E-state index in [-0.39, 0.29) is 17.2 Å². The van der Waals surface area contributed by atoms with Crippen molar-refractivity contribution in [2.75, 3.05) is 14.2 Å². The second-order valence-corrected chi connectivity index (χ2v) is 6.39. The first kappa shape index (κ1) is 19.9. The fourth-order valence-corrected chi connectivity index (χ4v) is 2.83. The minimum absolute atomic E-state index is 0.0836. The zero-order chi connectivity index (χ0) is 20.8. The number of ether oxygens (including phenoxy) is 2. The molecule has 0 bridgehead atoms. The summed E-state index contributed by atoms with van der Waals surface area (Å²) >= 11 is 0. The number of aromatic hydroxyl groups is 3. The lowest BCUT2D eigenvalue weighted by Gasteiger charge is -2.05. The lowest BCUT2D eigenvalue weighted by molar-refractivity contribution is 0.373. The Labute approximate surface area is 169 Å². The van der Waals surface area contributed by atoms with E-state index < -0.39 is 0 Å². The largest absolute Gasteiger partial charge is 0.508 e. The summed E-state index contributed by atoms with van der Waals surface area (Å²) in [5.74, 6) is 1.12. The van der Waals surface area contributed by atoms with Crippen LogP contribution in [0.1, 0.15) is 22.3 Å². The van der Waals surface area contributed by atoms with Crippen LogP contribution in [0.5, 0.6) is 28.7 Å². The summed E-state index contributed by atoms with van der Waals surface area (Å²) in [7, 11) is 3.00. The first-order chi connectivity index (χ1) is 14.0. The molecule has 0 spiro atoms. The third kappa shape index (κ3) is 5.11. The van der Waals surface area contributed by atoms with Crippen molar-refractivity contribution in [1.82, 2.24) is 0 Å². The van der Waals surface area contributed by atoms with Gasteiger partial charge in [-0.25, -0.2) is 0 Å². The smallest absolute Gasteiger partial charge is 0.161 e. The van der Waals surface area contributed by atoms with Crippen molar-refractivity contribution >= 4 is 24.3 Å². The molecule has 0 saturated carbocycles. The van der Waals surface area contributed by atoms with Gasteiger partial charge in [0.1, 0.15) is 5.75 Å². The SMILES string of the molecule is COc1cc(C=Cc2cc(O)cc(C=Cc3ccc(O)c(OC)c3)c2)ccc1O. The van der Waals surface area contributed by atoms with E-state index in [0.717, 1.165) is 22.3 Å².